The molecule has 2 saturated heterocycles. The Balaban J connectivity index is 1.57. The van der Waals surface area contributed by atoms with Gasteiger partial charge in [0.05, 0.1) is 27.6 Å². The number of hydrogen-bond acceptors (Lipinski definition) is 6. The van der Waals surface area contributed by atoms with Crippen LogP contribution in [0.25, 0.3) is 16.6 Å². The van der Waals surface area contributed by atoms with Crippen molar-refractivity contribution < 1.29 is 14.3 Å². The number of halogens is 2. The molecule has 2 aliphatic rings. The van der Waals surface area contributed by atoms with Crippen LogP contribution in [0.2, 0.25) is 10.0 Å². The summed E-state index contributed by atoms with van der Waals surface area (Å²) in [4.78, 5) is 36.9. The quantitative estimate of drug-likeness (QED) is 0.524. The molecule has 1 aromatic carbocycles. The van der Waals surface area contributed by atoms with E-state index in [-0.39, 0.29) is 11.9 Å². The number of fused-ring (bicyclic) bond motifs is 1. The lowest BCUT2D eigenvalue weighted by atomic mass is 10.1. The predicted octanol–water partition coefficient (Wildman–Crippen LogP) is 3.82. The molecule has 0 unspecified atom stereocenters. The van der Waals surface area contributed by atoms with E-state index in [0.29, 0.717) is 53.8 Å². The Bertz CT molecular complexity index is 1170. The minimum Gasteiger partial charge on any atom is -0.444 e. The van der Waals surface area contributed by atoms with Crippen molar-refractivity contribution in [2.24, 2.45) is 0 Å². The average Bonchev–Trinajstić information content (AvgIpc) is 3.57. The second-order valence-corrected chi connectivity index (χ2v) is 8.72. The summed E-state index contributed by atoms with van der Waals surface area (Å²) in [7, 11) is 0. The summed E-state index contributed by atoms with van der Waals surface area (Å²) in [6, 6.07) is 5.19. The number of amides is 1. The third-order valence-electron chi connectivity index (χ3n) is 6.15. The molecular weight excluding hydrogens is 453 g/mol. The largest absolute Gasteiger partial charge is 0.444 e. The molecule has 5 rings (SSSR count). The Morgan fingerprint density at radius 1 is 1.19 bits per heavy atom. The molecule has 2 aliphatic heterocycles. The van der Waals surface area contributed by atoms with Crippen molar-refractivity contribution in [1.82, 2.24) is 19.4 Å². The lowest BCUT2D eigenvalue weighted by molar-refractivity contribution is -0.151. The van der Waals surface area contributed by atoms with Crippen molar-refractivity contribution in [3.63, 3.8) is 0 Å². The standard InChI is InChI=1S/C22H21Cl2N5O3/c23-15-6-5-14-17(27-10-7-25-12-27)11-18(26-21(14)20(15)24)28-8-1-3-16(28)22(31)29-9-2-4-19(29)32-13-30/h5-7,10-13,16,19H,1-4,8-9H2/t16-,19+/m0/s1. The van der Waals surface area contributed by atoms with Gasteiger partial charge in [0, 0.05) is 43.4 Å². The first-order valence-electron chi connectivity index (χ1n) is 10.5. The molecule has 166 valence electrons. The highest BCUT2D eigenvalue weighted by Gasteiger charge is 2.39. The smallest absolute Gasteiger partial charge is 0.295 e. The van der Waals surface area contributed by atoms with Gasteiger partial charge in [0.1, 0.15) is 11.9 Å². The second-order valence-electron chi connectivity index (χ2n) is 7.94. The van der Waals surface area contributed by atoms with Gasteiger partial charge >= 0.3 is 0 Å². The minimum absolute atomic E-state index is 0.0462. The number of nitrogens with zero attached hydrogens (tertiary/aromatic N) is 5. The first-order valence-corrected chi connectivity index (χ1v) is 11.3. The topological polar surface area (TPSA) is 80.6 Å². The van der Waals surface area contributed by atoms with Gasteiger partial charge in [0.15, 0.2) is 6.23 Å². The van der Waals surface area contributed by atoms with E-state index in [1.54, 1.807) is 23.5 Å². The molecule has 0 radical (unpaired) electrons. The number of imidazole rings is 1. The molecule has 4 heterocycles. The van der Waals surface area contributed by atoms with Gasteiger partial charge in [-0.1, -0.05) is 23.2 Å². The molecule has 0 spiro atoms. The highest BCUT2D eigenvalue weighted by atomic mass is 35.5. The molecule has 2 aromatic heterocycles. The van der Waals surface area contributed by atoms with E-state index < -0.39 is 6.23 Å². The maximum atomic E-state index is 13.4. The number of hydrogen-bond donors (Lipinski definition) is 0. The number of anilines is 1. The van der Waals surface area contributed by atoms with Gasteiger partial charge in [-0.2, -0.15) is 0 Å². The van der Waals surface area contributed by atoms with Crippen LogP contribution in [-0.4, -0.2) is 57.2 Å². The summed E-state index contributed by atoms with van der Waals surface area (Å²) in [6.07, 6.45) is 7.78. The SMILES string of the molecule is O=CO[C@@H]1CCCN1C(=O)[C@@H]1CCCN1c1cc(-n2ccnc2)c2ccc(Cl)c(Cl)c2n1. The fraction of sp³-hybridized carbons (Fsp3) is 0.364. The summed E-state index contributed by atoms with van der Waals surface area (Å²) in [5.74, 6) is 0.600. The van der Waals surface area contributed by atoms with Crippen molar-refractivity contribution in [3.05, 3.63) is 47.0 Å². The molecule has 2 atom stereocenters. The van der Waals surface area contributed by atoms with E-state index in [0.717, 1.165) is 23.9 Å². The van der Waals surface area contributed by atoms with Crippen LogP contribution in [0.5, 0.6) is 0 Å². The lowest BCUT2D eigenvalue weighted by Gasteiger charge is -2.31. The Morgan fingerprint density at radius 2 is 2.03 bits per heavy atom. The third-order valence-corrected chi connectivity index (χ3v) is 6.94. The molecule has 32 heavy (non-hydrogen) atoms. The number of carbonyl (C=O) groups is 2. The molecule has 3 aromatic rings. The average molecular weight is 474 g/mol. The third kappa shape index (κ3) is 3.57. The van der Waals surface area contributed by atoms with Gasteiger partial charge in [-0.25, -0.2) is 9.97 Å². The van der Waals surface area contributed by atoms with E-state index in [1.807, 2.05) is 27.8 Å². The van der Waals surface area contributed by atoms with Crippen LogP contribution in [0.3, 0.4) is 0 Å². The predicted molar refractivity (Wildman–Crippen MR) is 121 cm³/mol. The highest BCUT2D eigenvalue weighted by Crippen LogP contribution is 2.36. The molecular formula is C22H21Cl2N5O3. The summed E-state index contributed by atoms with van der Waals surface area (Å²) in [5, 5.41) is 1.62. The van der Waals surface area contributed by atoms with Crippen LogP contribution < -0.4 is 4.90 Å². The molecule has 0 N–H and O–H groups in total. The summed E-state index contributed by atoms with van der Waals surface area (Å²) >= 11 is 12.8. The fourth-order valence-corrected chi connectivity index (χ4v) is 5.01. The van der Waals surface area contributed by atoms with Crippen molar-refractivity contribution >= 4 is 52.3 Å². The van der Waals surface area contributed by atoms with Crippen molar-refractivity contribution in [3.8, 4) is 5.69 Å². The highest BCUT2D eigenvalue weighted by molar-refractivity contribution is 6.45. The van der Waals surface area contributed by atoms with Crippen molar-refractivity contribution in [2.75, 3.05) is 18.0 Å². The molecule has 2 fully saturated rings. The van der Waals surface area contributed by atoms with Crippen LogP contribution >= 0.6 is 23.2 Å². The normalized spacial score (nSPS) is 20.8. The van der Waals surface area contributed by atoms with Crippen LogP contribution in [0.15, 0.2) is 36.9 Å². The van der Waals surface area contributed by atoms with E-state index >= 15 is 0 Å². The summed E-state index contributed by atoms with van der Waals surface area (Å²) in [5.41, 5.74) is 1.42. The van der Waals surface area contributed by atoms with Gasteiger partial charge in [-0.15, -0.1) is 0 Å². The number of benzene rings is 1. The molecule has 0 bridgehead atoms. The van der Waals surface area contributed by atoms with E-state index in [1.165, 1.54) is 0 Å². The number of carbonyl (C=O) groups excluding carboxylic acids is 2. The molecule has 8 nitrogen and oxygen atoms in total. The van der Waals surface area contributed by atoms with Gasteiger partial charge < -0.3 is 19.1 Å². The summed E-state index contributed by atoms with van der Waals surface area (Å²) < 4.78 is 7.03. The maximum absolute atomic E-state index is 13.4. The Morgan fingerprint density at radius 3 is 2.81 bits per heavy atom. The molecule has 10 heteroatoms. The monoisotopic (exact) mass is 473 g/mol. The zero-order valence-electron chi connectivity index (χ0n) is 17.2. The lowest BCUT2D eigenvalue weighted by Crippen LogP contribution is -2.48. The van der Waals surface area contributed by atoms with Crippen molar-refractivity contribution in [1.29, 1.82) is 0 Å². The van der Waals surface area contributed by atoms with Gasteiger partial charge in [0.2, 0.25) is 5.91 Å². The zero-order valence-corrected chi connectivity index (χ0v) is 18.7. The number of aromatic nitrogens is 3. The Kier molecular flexibility index (Phi) is 5.65. The van der Waals surface area contributed by atoms with Crippen molar-refractivity contribution in [2.45, 2.75) is 38.0 Å². The summed E-state index contributed by atoms with van der Waals surface area (Å²) in [6.45, 7) is 1.68. The van der Waals surface area contributed by atoms with E-state index in [2.05, 4.69) is 4.98 Å². The minimum atomic E-state index is -0.498. The molecule has 1 amide bonds. The number of ether oxygens (including phenoxy) is 1. The second kappa shape index (κ2) is 8.60. The maximum Gasteiger partial charge on any atom is 0.295 e. The molecule has 0 aliphatic carbocycles. The van der Waals surface area contributed by atoms with Crippen LogP contribution in [0.4, 0.5) is 5.82 Å². The fourth-order valence-electron chi connectivity index (χ4n) is 4.65. The Hall–Kier alpha value is -2.84. The van der Waals surface area contributed by atoms with Gasteiger partial charge in [-0.05, 0) is 31.4 Å². The van der Waals surface area contributed by atoms with Crippen LogP contribution in [-0.2, 0) is 14.3 Å². The Labute approximate surface area is 194 Å². The van der Waals surface area contributed by atoms with Crippen LogP contribution in [0, 0.1) is 0 Å². The van der Waals surface area contributed by atoms with Crippen LogP contribution in [0.1, 0.15) is 25.7 Å². The first kappa shape index (κ1) is 21.0. The number of pyridine rings is 1. The zero-order chi connectivity index (χ0) is 22.2. The van der Waals surface area contributed by atoms with Gasteiger partial charge in [-0.3, -0.25) is 9.59 Å². The molecule has 0 saturated carbocycles. The first-order chi connectivity index (χ1) is 15.6. The number of rotatable bonds is 5. The van der Waals surface area contributed by atoms with Gasteiger partial charge in [0.25, 0.3) is 6.47 Å². The van der Waals surface area contributed by atoms with E-state index in [9.17, 15) is 9.59 Å². The number of likely N-dealkylation sites (tertiary alicyclic amines) is 1. The van der Waals surface area contributed by atoms with E-state index in [4.69, 9.17) is 32.9 Å².